The van der Waals surface area contributed by atoms with Gasteiger partial charge in [0.25, 0.3) is 0 Å². The number of rotatable bonds is 16. The van der Waals surface area contributed by atoms with Crippen molar-refractivity contribution in [1.82, 2.24) is 0 Å². The maximum Gasteiger partial charge on any atom is 0.488 e. The predicted octanol–water partition coefficient (Wildman–Crippen LogP) is 5.13. The van der Waals surface area contributed by atoms with E-state index in [0.717, 1.165) is 18.4 Å². The first-order valence-corrected chi connectivity index (χ1v) is 14.0. The summed E-state index contributed by atoms with van der Waals surface area (Å²) in [5.41, 5.74) is 2.83. The van der Waals surface area contributed by atoms with Crippen LogP contribution in [-0.4, -0.2) is 49.4 Å². The zero-order valence-electron chi connectivity index (χ0n) is 25.2. The van der Waals surface area contributed by atoms with Gasteiger partial charge in [0.15, 0.2) is 0 Å². The van der Waals surface area contributed by atoms with Crippen molar-refractivity contribution >= 4 is 24.5 Å². The fourth-order valence-electron chi connectivity index (χ4n) is 3.78. The summed E-state index contributed by atoms with van der Waals surface area (Å²) in [6.07, 6.45) is 1.77. The van der Waals surface area contributed by atoms with Crippen LogP contribution in [0.15, 0.2) is 109 Å². The van der Waals surface area contributed by atoms with Crippen LogP contribution < -0.4 is 14.9 Å². The lowest BCUT2D eigenvalue weighted by molar-refractivity contribution is 0.0615. The molecule has 0 aliphatic heterocycles. The van der Waals surface area contributed by atoms with Crippen LogP contribution in [0.25, 0.3) is 0 Å². The highest BCUT2D eigenvalue weighted by Gasteiger charge is 2.16. The van der Waals surface area contributed by atoms with Crippen molar-refractivity contribution in [2.24, 2.45) is 0 Å². The second-order valence-electron chi connectivity index (χ2n) is 9.88. The van der Waals surface area contributed by atoms with Gasteiger partial charge in [-0.05, 0) is 97.4 Å². The molecular weight excluding hydrogens is 563 g/mol. The Morgan fingerprint density at radius 1 is 0.682 bits per heavy atom. The van der Waals surface area contributed by atoms with Crippen LogP contribution in [-0.2, 0) is 20.8 Å². The van der Waals surface area contributed by atoms with Crippen molar-refractivity contribution in [3.05, 3.63) is 125 Å². The summed E-state index contributed by atoms with van der Waals surface area (Å²) >= 11 is 0. The van der Waals surface area contributed by atoms with Gasteiger partial charge < -0.3 is 33.7 Å². The average molecular weight is 600 g/mol. The molecule has 2 N–H and O–H groups in total. The van der Waals surface area contributed by atoms with Gasteiger partial charge in [0, 0.05) is 13.7 Å². The molecule has 0 spiro atoms. The molecule has 0 aliphatic rings. The Kier molecular flexibility index (Phi) is 13.0. The maximum absolute atomic E-state index is 12.7. The molecular formula is C34H37BO9. The van der Waals surface area contributed by atoms with Gasteiger partial charge in [0.2, 0.25) is 0 Å². The van der Waals surface area contributed by atoms with Crippen molar-refractivity contribution in [3.63, 3.8) is 0 Å². The van der Waals surface area contributed by atoms with Gasteiger partial charge in [0.05, 0.1) is 17.7 Å². The van der Waals surface area contributed by atoms with E-state index in [1.54, 1.807) is 93.8 Å². The first-order valence-electron chi connectivity index (χ1n) is 14.0. The number of methoxy groups -OCH3 is 1. The molecule has 3 rings (SSSR count). The lowest BCUT2D eigenvalue weighted by Crippen LogP contribution is -2.29. The topological polar surface area (TPSA) is 121 Å². The zero-order valence-corrected chi connectivity index (χ0v) is 25.2. The number of benzene rings is 3. The van der Waals surface area contributed by atoms with Crippen LogP contribution in [0.2, 0.25) is 0 Å². The molecule has 0 fully saturated rings. The quantitative estimate of drug-likeness (QED) is 0.0758. The van der Waals surface area contributed by atoms with Crippen LogP contribution in [0.1, 0.15) is 53.0 Å². The Morgan fingerprint density at radius 3 is 1.64 bits per heavy atom. The zero-order chi connectivity index (χ0) is 32.1. The second kappa shape index (κ2) is 16.9. The molecule has 0 amide bonds. The minimum atomic E-state index is -1.54. The molecule has 0 saturated carbocycles. The first-order chi connectivity index (χ1) is 21.1. The van der Waals surface area contributed by atoms with Crippen LogP contribution in [0.5, 0.6) is 11.5 Å². The fourth-order valence-corrected chi connectivity index (χ4v) is 3.78. The summed E-state index contributed by atoms with van der Waals surface area (Å²) in [6, 6.07) is 19.7. The summed E-state index contributed by atoms with van der Waals surface area (Å²) in [5.74, 6) is 0.234. The van der Waals surface area contributed by atoms with E-state index in [1.807, 2.05) is 0 Å². The molecule has 9 nitrogen and oxygen atoms in total. The molecule has 0 aromatic heterocycles. The number of ether oxygens (including phenoxy) is 5. The Morgan fingerprint density at radius 2 is 1.14 bits per heavy atom. The Labute approximate surface area is 258 Å². The molecule has 0 radical (unpaired) electrons. The van der Waals surface area contributed by atoms with E-state index in [1.165, 1.54) is 0 Å². The van der Waals surface area contributed by atoms with Gasteiger partial charge in [-0.25, -0.2) is 9.59 Å². The van der Waals surface area contributed by atoms with Crippen molar-refractivity contribution in [1.29, 1.82) is 0 Å². The molecule has 3 aromatic carbocycles. The standard InChI is InChI=1S/C34H37BO9/c1-23(24(2)26(4)44-34(37)29-12-16-31(17-13-29)41-21-7-6-20-40-5)25(3)43-33(36)28-10-8-27(9-11-28)22-42-32-18-14-30(15-19-32)35(38)39/h8-19,38-39H,3-4,6-7,20-22H2,1-2,5H3/b24-23-. The van der Waals surface area contributed by atoms with Crippen LogP contribution in [0, 0.1) is 0 Å². The van der Waals surface area contributed by atoms with E-state index in [4.69, 9.17) is 23.7 Å². The lowest BCUT2D eigenvalue weighted by atomic mass is 9.80. The molecule has 0 saturated heterocycles. The molecule has 0 aliphatic carbocycles. The fraction of sp³-hybridized carbons (Fsp3) is 0.235. The molecule has 230 valence electrons. The summed E-state index contributed by atoms with van der Waals surface area (Å²) in [4.78, 5) is 25.4. The first kappa shape index (κ1) is 33.9. The van der Waals surface area contributed by atoms with Crippen molar-refractivity contribution in [2.75, 3.05) is 20.3 Å². The van der Waals surface area contributed by atoms with Gasteiger partial charge in [-0.2, -0.15) is 0 Å². The monoisotopic (exact) mass is 600 g/mol. The minimum Gasteiger partial charge on any atom is -0.494 e. The number of unbranched alkanes of at least 4 members (excludes halogenated alkanes) is 1. The molecule has 0 bridgehead atoms. The highest BCUT2D eigenvalue weighted by Crippen LogP contribution is 2.23. The SMILES string of the molecule is C=C(OC(=O)c1ccc(COc2ccc(B(O)O)cc2)cc1)/C(C)=C(/C)C(=C)OC(=O)c1ccc(OCCCCOC)cc1. The molecule has 44 heavy (non-hydrogen) atoms. The third kappa shape index (κ3) is 10.3. The summed E-state index contributed by atoms with van der Waals surface area (Å²) in [7, 11) is 0.124. The number of esters is 2. The normalized spacial score (nSPS) is 11.2. The van der Waals surface area contributed by atoms with E-state index in [0.29, 0.717) is 52.4 Å². The minimum absolute atomic E-state index is 0.0977. The van der Waals surface area contributed by atoms with Gasteiger partial charge in [-0.15, -0.1) is 0 Å². The molecule has 0 heterocycles. The van der Waals surface area contributed by atoms with Crippen molar-refractivity contribution < 1.29 is 43.3 Å². The molecule has 0 unspecified atom stereocenters. The Bertz CT molecular complexity index is 1460. The van der Waals surface area contributed by atoms with Gasteiger partial charge >= 0.3 is 19.1 Å². The molecule has 3 aromatic rings. The predicted molar refractivity (Wildman–Crippen MR) is 168 cm³/mol. The van der Waals surface area contributed by atoms with Gasteiger partial charge in [-0.3, -0.25) is 0 Å². The van der Waals surface area contributed by atoms with Crippen LogP contribution in [0.3, 0.4) is 0 Å². The van der Waals surface area contributed by atoms with Gasteiger partial charge in [-0.1, -0.05) is 37.4 Å². The number of carbonyl (C=O) groups excluding carboxylic acids is 2. The molecule has 0 atom stereocenters. The maximum atomic E-state index is 12.7. The van der Waals surface area contributed by atoms with E-state index in [2.05, 4.69) is 13.2 Å². The highest BCUT2D eigenvalue weighted by atomic mass is 16.5. The van der Waals surface area contributed by atoms with E-state index in [-0.39, 0.29) is 18.1 Å². The number of allylic oxidation sites excluding steroid dienone is 2. The smallest absolute Gasteiger partial charge is 0.488 e. The summed E-state index contributed by atoms with van der Waals surface area (Å²) < 4.78 is 27.3. The summed E-state index contributed by atoms with van der Waals surface area (Å²) in [6.45, 7) is 12.6. The van der Waals surface area contributed by atoms with E-state index in [9.17, 15) is 19.6 Å². The third-order valence-corrected chi connectivity index (χ3v) is 6.71. The van der Waals surface area contributed by atoms with Crippen molar-refractivity contribution in [3.8, 4) is 11.5 Å². The van der Waals surface area contributed by atoms with Crippen molar-refractivity contribution in [2.45, 2.75) is 33.3 Å². The number of hydrogen-bond acceptors (Lipinski definition) is 9. The van der Waals surface area contributed by atoms with E-state index >= 15 is 0 Å². The highest BCUT2D eigenvalue weighted by molar-refractivity contribution is 6.58. The van der Waals surface area contributed by atoms with E-state index < -0.39 is 19.1 Å². The third-order valence-electron chi connectivity index (χ3n) is 6.71. The second-order valence-corrected chi connectivity index (χ2v) is 9.88. The Balaban J connectivity index is 1.49. The Hall–Kier alpha value is -4.64. The van der Waals surface area contributed by atoms with Crippen LogP contribution in [0.4, 0.5) is 0 Å². The number of hydrogen-bond donors (Lipinski definition) is 2. The average Bonchev–Trinajstić information content (AvgIpc) is 3.03. The summed E-state index contributed by atoms with van der Waals surface area (Å²) in [5, 5.41) is 18.4. The largest absolute Gasteiger partial charge is 0.494 e. The lowest BCUT2D eigenvalue weighted by Gasteiger charge is -2.14. The van der Waals surface area contributed by atoms with Gasteiger partial charge in [0.1, 0.15) is 29.6 Å². The van der Waals surface area contributed by atoms with Crippen LogP contribution >= 0.6 is 0 Å². The number of carbonyl (C=O) groups is 2. The molecule has 10 heteroatoms.